The van der Waals surface area contributed by atoms with Crippen LogP contribution in [-0.4, -0.2) is 46.0 Å². The maximum atomic E-state index is 5.74. The molecule has 0 radical (unpaired) electrons. The highest BCUT2D eigenvalue weighted by molar-refractivity contribution is 14.0. The summed E-state index contributed by atoms with van der Waals surface area (Å²) in [6.45, 7) is 3.10. The maximum absolute atomic E-state index is 5.74. The molecular formula is C14H24IN3O2. The number of nitrogens with one attached hydrogen (secondary N) is 1. The Labute approximate surface area is 138 Å². The summed E-state index contributed by atoms with van der Waals surface area (Å²) in [5, 5.41) is 3.08. The third kappa shape index (κ3) is 9.99. The summed E-state index contributed by atoms with van der Waals surface area (Å²) in [5.41, 5.74) is 7.02. The molecule has 1 aromatic carbocycles. The van der Waals surface area contributed by atoms with Crippen molar-refractivity contribution in [3.63, 3.8) is 0 Å². The lowest BCUT2D eigenvalue weighted by molar-refractivity contribution is 0.0748. The fraction of sp³-hybridized carbons (Fsp3) is 0.500. The number of nitrogens with two attached hydrogens (primary N) is 1. The second-order valence-electron chi connectivity index (χ2n) is 4.03. The number of halogens is 1. The summed E-state index contributed by atoms with van der Waals surface area (Å²) in [4.78, 5) is 4.17. The Morgan fingerprint density at radius 1 is 1.20 bits per heavy atom. The summed E-state index contributed by atoms with van der Waals surface area (Å²) in [6, 6.07) is 10.3. The van der Waals surface area contributed by atoms with E-state index in [0.717, 1.165) is 13.0 Å². The largest absolute Gasteiger partial charge is 0.382 e. The van der Waals surface area contributed by atoms with E-state index < -0.39 is 0 Å². The molecule has 114 valence electrons. The highest BCUT2D eigenvalue weighted by atomic mass is 127. The minimum atomic E-state index is 0. The molecule has 5 nitrogen and oxygen atoms in total. The van der Waals surface area contributed by atoms with Gasteiger partial charge in [0.15, 0.2) is 5.96 Å². The summed E-state index contributed by atoms with van der Waals surface area (Å²) >= 11 is 0. The standard InChI is InChI=1S/C14H23N3O2.HI/c1-18-11-12-19-10-9-17-14(15)16-8-7-13-5-3-2-4-6-13;/h2-6H,7-12H2,1H3,(H3,15,16,17);1H. The van der Waals surface area contributed by atoms with Gasteiger partial charge in [-0.3, -0.25) is 4.99 Å². The van der Waals surface area contributed by atoms with Crippen molar-refractivity contribution >= 4 is 29.9 Å². The van der Waals surface area contributed by atoms with E-state index in [1.807, 2.05) is 18.2 Å². The summed E-state index contributed by atoms with van der Waals surface area (Å²) in [7, 11) is 1.65. The van der Waals surface area contributed by atoms with E-state index >= 15 is 0 Å². The number of nitrogens with zero attached hydrogens (tertiary/aromatic N) is 1. The lowest BCUT2D eigenvalue weighted by Crippen LogP contribution is -2.33. The topological polar surface area (TPSA) is 68.9 Å². The van der Waals surface area contributed by atoms with Gasteiger partial charge in [0.05, 0.1) is 26.4 Å². The third-order valence-corrected chi connectivity index (χ3v) is 2.51. The van der Waals surface area contributed by atoms with Gasteiger partial charge in [-0.15, -0.1) is 24.0 Å². The van der Waals surface area contributed by atoms with Crippen LogP contribution in [0.2, 0.25) is 0 Å². The summed E-state index contributed by atoms with van der Waals surface area (Å²) < 4.78 is 10.1. The molecule has 20 heavy (non-hydrogen) atoms. The molecule has 0 unspecified atom stereocenters. The van der Waals surface area contributed by atoms with Crippen molar-refractivity contribution in [1.29, 1.82) is 0 Å². The number of benzene rings is 1. The van der Waals surface area contributed by atoms with Crippen molar-refractivity contribution < 1.29 is 9.47 Å². The number of guanidine groups is 1. The van der Waals surface area contributed by atoms with Crippen LogP contribution >= 0.6 is 24.0 Å². The SMILES string of the molecule is COCCOCCN=C(N)NCCc1ccccc1.I. The summed E-state index contributed by atoms with van der Waals surface area (Å²) in [5.74, 6) is 0.464. The Morgan fingerprint density at radius 2 is 1.95 bits per heavy atom. The highest BCUT2D eigenvalue weighted by Crippen LogP contribution is 1.97. The molecule has 0 atom stereocenters. The summed E-state index contributed by atoms with van der Waals surface area (Å²) in [6.07, 6.45) is 0.932. The predicted octanol–water partition coefficient (Wildman–Crippen LogP) is 1.41. The van der Waals surface area contributed by atoms with Crippen molar-refractivity contribution in [1.82, 2.24) is 5.32 Å². The van der Waals surface area contributed by atoms with Gasteiger partial charge in [0.25, 0.3) is 0 Å². The van der Waals surface area contributed by atoms with Gasteiger partial charge in [-0.05, 0) is 12.0 Å². The van der Waals surface area contributed by atoms with Gasteiger partial charge in [-0.25, -0.2) is 0 Å². The Kier molecular flexibility index (Phi) is 12.6. The van der Waals surface area contributed by atoms with Crippen LogP contribution in [0.5, 0.6) is 0 Å². The van der Waals surface area contributed by atoms with Crippen LogP contribution in [0.15, 0.2) is 35.3 Å². The van der Waals surface area contributed by atoms with Crippen LogP contribution in [0.25, 0.3) is 0 Å². The predicted molar refractivity (Wildman–Crippen MR) is 92.7 cm³/mol. The van der Waals surface area contributed by atoms with Crippen LogP contribution in [-0.2, 0) is 15.9 Å². The first-order valence-corrected chi connectivity index (χ1v) is 6.47. The average molecular weight is 393 g/mol. The van der Waals surface area contributed by atoms with Gasteiger partial charge >= 0.3 is 0 Å². The zero-order chi connectivity index (χ0) is 13.8. The number of ether oxygens (including phenoxy) is 2. The van der Waals surface area contributed by atoms with Crippen LogP contribution in [0.3, 0.4) is 0 Å². The first kappa shape index (κ1) is 19.1. The number of hydrogen-bond acceptors (Lipinski definition) is 3. The Morgan fingerprint density at radius 3 is 2.65 bits per heavy atom. The second-order valence-corrected chi connectivity index (χ2v) is 4.03. The minimum absolute atomic E-state index is 0. The number of methoxy groups -OCH3 is 1. The Balaban J connectivity index is 0.00000361. The van der Waals surface area contributed by atoms with E-state index in [2.05, 4.69) is 22.4 Å². The average Bonchev–Trinajstić information content (AvgIpc) is 2.44. The van der Waals surface area contributed by atoms with Crippen molar-refractivity contribution in [2.45, 2.75) is 6.42 Å². The maximum Gasteiger partial charge on any atom is 0.188 e. The molecule has 0 heterocycles. The number of rotatable bonds is 9. The fourth-order valence-electron chi connectivity index (χ4n) is 1.51. The van der Waals surface area contributed by atoms with Gasteiger partial charge in [-0.1, -0.05) is 30.3 Å². The molecule has 0 fully saturated rings. The van der Waals surface area contributed by atoms with Gasteiger partial charge in [0, 0.05) is 13.7 Å². The highest BCUT2D eigenvalue weighted by Gasteiger charge is 1.93. The molecule has 0 saturated carbocycles. The van der Waals surface area contributed by atoms with Crippen molar-refractivity contribution in [3.8, 4) is 0 Å². The van der Waals surface area contributed by atoms with Crippen LogP contribution in [0.4, 0.5) is 0 Å². The van der Waals surface area contributed by atoms with Crippen LogP contribution in [0.1, 0.15) is 5.56 Å². The van der Waals surface area contributed by atoms with Gasteiger partial charge in [0.1, 0.15) is 0 Å². The third-order valence-electron chi connectivity index (χ3n) is 2.51. The monoisotopic (exact) mass is 393 g/mol. The molecule has 0 saturated heterocycles. The second kappa shape index (κ2) is 13.1. The van der Waals surface area contributed by atoms with Gasteiger partial charge < -0.3 is 20.5 Å². The molecule has 1 rings (SSSR count). The molecule has 0 bridgehead atoms. The zero-order valence-corrected chi connectivity index (χ0v) is 14.2. The molecule has 0 aliphatic carbocycles. The number of hydrogen-bond donors (Lipinski definition) is 2. The molecule has 0 amide bonds. The number of aliphatic imine (C=N–C) groups is 1. The Bertz CT molecular complexity index is 361. The molecular weight excluding hydrogens is 369 g/mol. The molecule has 6 heteroatoms. The molecule has 3 N–H and O–H groups in total. The fourth-order valence-corrected chi connectivity index (χ4v) is 1.51. The first-order valence-electron chi connectivity index (χ1n) is 6.47. The van der Waals surface area contributed by atoms with E-state index in [9.17, 15) is 0 Å². The minimum Gasteiger partial charge on any atom is -0.382 e. The lowest BCUT2D eigenvalue weighted by Gasteiger charge is -2.06. The molecule has 1 aromatic rings. The molecule has 0 aliphatic heterocycles. The normalized spacial score (nSPS) is 10.9. The van der Waals surface area contributed by atoms with Gasteiger partial charge in [-0.2, -0.15) is 0 Å². The van der Waals surface area contributed by atoms with Crippen LogP contribution in [0, 0.1) is 0 Å². The van der Waals surface area contributed by atoms with E-state index in [1.165, 1.54) is 5.56 Å². The molecule has 0 aromatic heterocycles. The van der Waals surface area contributed by atoms with E-state index in [0.29, 0.717) is 32.3 Å². The van der Waals surface area contributed by atoms with Gasteiger partial charge in [0.2, 0.25) is 0 Å². The van der Waals surface area contributed by atoms with Crippen molar-refractivity contribution in [3.05, 3.63) is 35.9 Å². The van der Waals surface area contributed by atoms with Crippen LogP contribution < -0.4 is 11.1 Å². The Hall–Kier alpha value is -0.860. The lowest BCUT2D eigenvalue weighted by atomic mass is 10.1. The molecule has 0 aliphatic rings. The smallest absolute Gasteiger partial charge is 0.188 e. The van der Waals surface area contributed by atoms with E-state index in [-0.39, 0.29) is 24.0 Å². The van der Waals surface area contributed by atoms with Crippen molar-refractivity contribution in [2.75, 3.05) is 40.0 Å². The molecule has 0 spiro atoms. The van der Waals surface area contributed by atoms with E-state index in [1.54, 1.807) is 7.11 Å². The first-order chi connectivity index (χ1) is 9.33. The zero-order valence-electron chi connectivity index (χ0n) is 11.9. The van der Waals surface area contributed by atoms with Crippen molar-refractivity contribution in [2.24, 2.45) is 10.7 Å². The quantitative estimate of drug-likeness (QED) is 0.288. The van der Waals surface area contributed by atoms with E-state index in [4.69, 9.17) is 15.2 Å².